The van der Waals surface area contributed by atoms with E-state index in [2.05, 4.69) is 10.6 Å². The van der Waals surface area contributed by atoms with Crippen LogP contribution in [-0.4, -0.2) is 29.4 Å². The molecule has 0 radical (unpaired) electrons. The average Bonchev–Trinajstić information content (AvgIpc) is 2.81. The van der Waals surface area contributed by atoms with Crippen LogP contribution in [0.1, 0.15) is 35.7 Å². The number of anilines is 1. The maximum absolute atomic E-state index is 12.1. The van der Waals surface area contributed by atoms with Crippen molar-refractivity contribution in [2.45, 2.75) is 26.2 Å². The van der Waals surface area contributed by atoms with Gasteiger partial charge in [-0.25, -0.2) is 0 Å². The fourth-order valence-corrected chi connectivity index (χ4v) is 2.32. The van der Waals surface area contributed by atoms with Crippen molar-refractivity contribution in [2.24, 2.45) is 5.92 Å². The second kappa shape index (κ2) is 6.39. The van der Waals surface area contributed by atoms with Crippen LogP contribution >= 0.6 is 0 Å². The molecule has 1 aromatic rings. The van der Waals surface area contributed by atoms with Crippen LogP contribution in [0.15, 0.2) is 18.2 Å². The van der Waals surface area contributed by atoms with Crippen molar-refractivity contribution in [2.75, 3.05) is 11.9 Å². The van der Waals surface area contributed by atoms with Crippen molar-refractivity contribution in [3.63, 3.8) is 0 Å². The van der Waals surface area contributed by atoms with E-state index in [4.69, 9.17) is 5.11 Å². The van der Waals surface area contributed by atoms with E-state index in [1.54, 1.807) is 18.2 Å². The van der Waals surface area contributed by atoms with Gasteiger partial charge in [0, 0.05) is 24.2 Å². The predicted molar refractivity (Wildman–Crippen MR) is 77.1 cm³/mol. The van der Waals surface area contributed by atoms with Gasteiger partial charge in [0.1, 0.15) is 0 Å². The van der Waals surface area contributed by atoms with Crippen molar-refractivity contribution in [1.82, 2.24) is 5.32 Å². The predicted octanol–water partition coefficient (Wildman–Crippen LogP) is 1.41. The Morgan fingerprint density at radius 3 is 2.86 bits per heavy atom. The van der Waals surface area contributed by atoms with Gasteiger partial charge in [0.15, 0.2) is 0 Å². The van der Waals surface area contributed by atoms with Gasteiger partial charge in [-0.2, -0.15) is 0 Å². The largest absolute Gasteiger partial charge is 0.481 e. The maximum atomic E-state index is 12.1. The average molecular weight is 290 g/mol. The Labute approximate surface area is 122 Å². The zero-order valence-corrected chi connectivity index (χ0v) is 11.8. The van der Waals surface area contributed by atoms with E-state index in [0.717, 1.165) is 11.3 Å². The second-order valence-corrected chi connectivity index (χ2v) is 5.18. The normalized spacial score (nSPS) is 14.2. The monoisotopic (exact) mass is 290 g/mol. The number of hydrogen-bond donors (Lipinski definition) is 3. The Balaban J connectivity index is 1.96. The minimum absolute atomic E-state index is 0.0411. The third-order valence-electron chi connectivity index (χ3n) is 3.58. The van der Waals surface area contributed by atoms with Crippen LogP contribution in [0.4, 0.5) is 5.69 Å². The Kier molecular flexibility index (Phi) is 4.57. The maximum Gasteiger partial charge on any atom is 0.303 e. The smallest absolute Gasteiger partial charge is 0.303 e. The molecule has 1 aromatic carbocycles. The first kappa shape index (κ1) is 15.0. The third kappa shape index (κ3) is 3.81. The van der Waals surface area contributed by atoms with Crippen LogP contribution in [0.2, 0.25) is 0 Å². The lowest BCUT2D eigenvalue weighted by Crippen LogP contribution is -2.30. The molecule has 1 aliphatic heterocycles. The summed E-state index contributed by atoms with van der Waals surface area (Å²) in [6, 6.07) is 5.06. The highest BCUT2D eigenvalue weighted by atomic mass is 16.4. The second-order valence-electron chi connectivity index (χ2n) is 5.18. The number of aliphatic carboxylic acids is 1. The van der Waals surface area contributed by atoms with Gasteiger partial charge in [0.2, 0.25) is 5.91 Å². The summed E-state index contributed by atoms with van der Waals surface area (Å²) in [5, 5.41) is 14.2. The molecule has 2 amide bonds. The molecule has 112 valence electrons. The molecule has 1 atom stereocenters. The first-order chi connectivity index (χ1) is 9.99. The van der Waals surface area contributed by atoms with Gasteiger partial charge in [-0.05, 0) is 29.7 Å². The molecule has 1 heterocycles. The van der Waals surface area contributed by atoms with Gasteiger partial charge in [-0.1, -0.05) is 13.3 Å². The number of carboxylic acid groups (broad SMARTS) is 1. The molecular weight excluding hydrogens is 272 g/mol. The number of carbonyl (C=O) groups excluding carboxylic acids is 2. The lowest BCUT2D eigenvalue weighted by Gasteiger charge is -2.13. The van der Waals surface area contributed by atoms with Crippen LogP contribution in [-0.2, 0) is 16.0 Å². The fourth-order valence-electron chi connectivity index (χ4n) is 2.32. The summed E-state index contributed by atoms with van der Waals surface area (Å²) in [6.45, 7) is 2.22. The van der Waals surface area contributed by atoms with Crippen molar-refractivity contribution in [3.8, 4) is 0 Å². The van der Waals surface area contributed by atoms with E-state index >= 15 is 0 Å². The van der Waals surface area contributed by atoms with E-state index in [9.17, 15) is 14.4 Å². The quantitative estimate of drug-likeness (QED) is 0.738. The van der Waals surface area contributed by atoms with Crippen LogP contribution in [0.3, 0.4) is 0 Å². The molecule has 0 aliphatic carbocycles. The highest BCUT2D eigenvalue weighted by molar-refractivity contribution is 6.01. The number of rotatable bonds is 6. The molecule has 0 spiro atoms. The summed E-state index contributed by atoms with van der Waals surface area (Å²) >= 11 is 0. The van der Waals surface area contributed by atoms with Crippen LogP contribution in [0.25, 0.3) is 0 Å². The van der Waals surface area contributed by atoms with Gasteiger partial charge in [0.25, 0.3) is 5.91 Å². The molecule has 1 unspecified atom stereocenters. The first-order valence-electron chi connectivity index (χ1n) is 6.92. The van der Waals surface area contributed by atoms with E-state index in [1.807, 2.05) is 6.92 Å². The highest BCUT2D eigenvalue weighted by Gasteiger charge is 2.19. The lowest BCUT2D eigenvalue weighted by molar-refractivity contribution is -0.138. The number of amides is 2. The van der Waals surface area contributed by atoms with E-state index in [0.29, 0.717) is 18.5 Å². The first-order valence-corrected chi connectivity index (χ1v) is 6.92. The summed E-state index contributed by atoms with van der Waals surface area (Å²) in [5.41, 5.74) is 2.04. The SMILES string of the molecule is CCC(CNC(=O)c1ccc2c(c1)CC(=O)N2)CC(=O)O. The Hall–Kier alpha value is -2.37. The Morgan fingerprint density at radius 2 is 2.19 bits per heavy atom. The number of carbonyl (C=O) groups is 3. The molecule has 0 saturated carbocycles. The molecule has 0 fully saturated rings. The summed E-state index contributed by atoms with van der Waals surface area (Å²) in [6.07, 6.45) is 1.02. The molecular formula is C15H18N2O4. The molecule has 0 aromatic heterocycles. The lowest BCUT2D eigenvalue weighted by atomic mass is 10.0. The molecule has 1 aliphatic rings. The molecule has 3 N–H and O–H groups in total. The molecule has 0 bridgehead atoms. The molecule has 2 rings (SSSR count). The van der Waals surface area contributed by atoms with Crippen LogP contribution < -0.4 is 10.6 Å². The Bertz CT molecular complexity index is 583. The fraction of sp³-hybridized carbons (Fsp3) is 0.400. The number of nitrogens with one attached hydrogen (secondary N) is 2. The van der Waals surface area contributed by atoms with Gasteiger partial charge in [0.05, 0.1) is 6.42 Å². The molecule has 0 saturated heterocycles. The number of benzene rings is 1. The molecule has 6 nitrogen and oxygen atoms in total. The van der Waals surface area contributed by atoms with Gasteiger partial charge < -0.3 is 15.7 Å². The standard InChI is InChI=1S/C15H18N2O4/c1-2-9(5-14(19)20)8-16-15(21)10-3-4-12-11(6-10)7-13(18)17-12/h3-4,6,9H,2,5,7-8H2,1H3,(H,16,21)(H,17,18)(H,19,20). The van der Waals surface area contributed by atoms with Gasteiger partial charge >= 0.3 is 5.97 Å². The zero-order chi connectivity index (χ0) is 15.4. The van der Waals surface area contributed by atoms with E-state index in [-0.39, 0.29) is 30.6 Å². The van der Waals surface area contributed by atoms with E-state index in [1.165, 1.54) is 0 Å². The molecule has 21 heavy (non-hydrogen) atoms. The van der Waals surface area contributed by atoms with E-state index < -0.39 is 5.97 Å². The Morgan fingerprint density at radius 1 is 1.43 bits per heavy atom. The van der Waals surface area contributed by atoms with Crippen molar-refractivity contribution in [1.29, 1.82) is 0 Å². The summed E-state index contributed by atoms with van der Waals surface area (Å²) < 4.78 is 0. The number of hydrogen-bond acceptors (Lipinski definition) is 3. The van der Waals surface area contributed by atoms with Gasteiger partial charge in [-0.15, -0.1) is 0 Å². The van der Waals surface area contributed by atoms with Crippen molar-refractivity contribution >= 4 is 23.5 Å². The van der Waals surface area contributed by atoms with Crippen molar-refractivity contribution in [3.05, 3.63) is 29.3 Å². The summed E-state index contributed by atoms with van der Waals surface area (Å²) in [4.78, 5) is 34.0. The van der Waals surface area contributed by atoms with Crippen molar-refractivity contribution < 1.29 is 19.5 Å². The minimum Gasteiger partial charge on any atom is -0.481 e. The molecule has 6 heteroatoms. The highest BCUT2D eigenvalue weighted by Crippen LogP contribution is 2.23. The van der Waals surface area contributed by atoms with Crippen LogP contribution in [0, 0.1) is 5.92 Å². The topological polar surface area (TPSA) is 95.5 Å². The van der Waals surface area contributed by atoms with Crippen LogP contribution in [0.5, 0.6) is 0 Å². The minimum atomic E-state index is -0.863. The zero-order valence-electron chi connectivity index (χ0n) is 11.8. The summed E-state index contributed by atoms with van der Waals surface area (Å²) in [5.74, 6) is -1.27. The number of carboxylic acids is 1. The summed E-state index contributed by atoms with van der Waals surface area (Å²) in [7, 11) is 0. The number of fused-ring (bicyclic) bond motifs is 1. The van der Waals surface area contributed by atoms with Gasteiger partial charge in [-0.3, -0.25) is 14.4 Å². The third-order valence-corrected chi connectivity index (χ3v) is 3.58.